The van der Waals surface area contributed by atoms with Gasteiger partial charge in [-0.05, 0) is 24.3 Å². The van der Waals surface area contributed by atoms with Crippen LogP contribution in [0.1, 0.15) is 19.4 Å². The summed E-state index contributed by atoms with van der Waals surface area (Å²) in [6.07, 6.45) is 6.53. The third kappa shape index (κ3) is 8.11. The molecular weight excluding hydrogens is 486 g/mol. The van der Waals surface area contributed by atoms with E-state index in [1.165, 1.54) is 6.21 Å². The molecule has 9 heteroatoms. The molecule has 1 atom stereocenters. The van der Waals surface area contributed by atoms with Crippen LogP contribution in [0.25, 0.3) is 16.5 Å². The Morgan fingerprint density at radius 3 is 2.43 bits per heavy atom. The number of fused-ring (bicyclic) bond motifs is 1. The predicted molar refractivity (Wildman–Crippen MR) is 155 cm³/mol. The first-order valence-corrected chi connectivity index (χ1v) is 14.0. The molecule has 198 valence electrons. The second-order valence-corrected chi connectivity index (χ2v) is 10.5. The van der Waals surface area contributed by atoms with E-state index in [0.29, 0.717) is 23.9 Å². The maximum absolute atomic E-state index is 11.3. The maximum Gasteiger partial charge on any atom is 0.124 e. The van der Waals surface area contributed by atoms with Crippen molar-refractivity contribution in [1.82, 2.24) is 15.6 Å². The molecule has 2 aromatic carbocycles. The smallest absolute Gasteiger partial charge is 0.124 e. The van der Waals surface area contributed by atoms with E-state index in [0.717, 1.165) is 52.4 Å². The Hall–Kier alpha value is -3.27. The SMILES string of the molecule is COc1cc(OC)cc(N(CCNC(C)C)c2ccc3ncc(/C(C=N)=C/NCC[S+](C)[O-])cc3c2)c1. The predicted octanol–water partition coefficient (Wildman–Crippen LogP) is 4.35. The van der Waals surface area contributed by atoms with Gasteiger partial charge in [0.25, 0.3) is 0 Å². The number of nitrogens with zero attached hydrogens (tertiary/aromatic N) is 2. The van der Waals surface area contributed by atoms with Gasteiger partial charge in [-0.2, -0.15) is 0 Å². The lowest BCUT2D eigenvalue weighted by Gasteiger charge is -2.27. The average Bonchev–Trinajstić information content (AvgIpc) is 2.90. The van der Waals surface area contributed by atoms with E-state index in [2.05, 4.69) is 46.5 Å². The number of nitrogens with one attached hydrogen (secondary N) is 3. The van der Waals surface area contributed by atoms with E-state index in [1.807, 2.05) is 30.3 Å². The molecule has 8 nitrogen and oxygen atoms in total. The highest BCUT2D eigenvalue weighted by atomic mass is 32.2. The van der Waals surface area contributed by atoms with Gasteiger partial charge in [-0.25, -0.2) is 0 Å². The average molecular weight is 524 g/mol. The van der Waals surface area contributed by atoms with Gasteiger partial charge in [0.2, 0.25) is 0 Å². The highest BCUT2D eigenvalue weighted by molar-refractivity contribution is 7.90. The van der Waals surface area contributed by atoms with E-state index < -0.39 is 11.2 Å². The third-order valence-corrected chi connectivity index (χ3v) is 6.57. The lowest BCUT2D eigenvalue weighted by atomic mass is 10.1. The molecule has 0 aliphatic carbocycles. The minimum Gasteiger partial charge on any atom is -0.617 e. The number of pyridine rings is 1. The molecule has 3 aromatic rings. The van der Waals surface area contributed by atoms with E-state index in [9.17, 15) is 4.55 Å². The molecule has 3 N–H and O–H groups in total. The molecule has 0 amide bonds. The summed E-state index contributed by atoms with van der Waals surface area (Å²) in [5.74, 6) is 2.00. The molecule has 3 rings (SSSR count). The normalized spacial score (nSPS) is 12.5. The number of methoxy groups -OCH3 is 2. The lowest BCUT2D eigenvalue weighted by Crippen LogP contribution is -2.32. The number of allylic oxidation sites excluding steroid dienone is 1. The first-order valence-electron chi connectivity index (χ1n) is 12.2. The van der Waals surface area contributed by atoms with Gasteiger partial charge in [0.05, 0.1) is 32.5 Å². The molecule has 37 heavy (non-hydrogen) atoms. The van der Waals surface area contributed by atoms with E-state index in [1.54, 1.807) is 32.9 Å². The number of rotatable bonds is 14. The van der Waals surface area contributed by atoms with E-state index in [-0.39, 0.29) is 0 Å². The van der Waals surface area contributed by atoms with Crippen molar-refractivity contribution in [3.8, 4) is 11.5 Å². The van der Waals surface area contributed by atoms with Crippen molar-refractivity contribution in [3.63, 3.8) is 0 Å². The molecule has 0 fully saturated rings. The summed E-state index contributed by atoms with van der Waals surface area (Å²) >= 11 is -0.864. The zero-order valence-electron chi connectivity index (χ0n) is 22.2. The number of ether oxygens (including phenoxy) is 2. The molecule has 1 unspecified atom stereocenters. The number of benzene rings is 2. The lowest BCUT2D eigenvalue weighted by molar-refractivity contribution is 0.394. The summed E-state index contributed by atoms with van der Waals surface area (Å²) in [7, 11) is 3.30. The van der Waals surface area contributed by atoms with Crippen molar-refractivity contribution in [2.45, 2.75) is 19.9 Å². The Kier molecular flexibility index (Phi) is 10.6. The topological polar surface area (TPSA) is 106 Å². The second-order valence-electron chi connectivity index (χ2n) is 8.91. The van der Waals surface area contributed by atoms with Crippen LogP contribution >= 0.6 is 0 Å². The van der Waals surface area contributed by atoms with Crippen molar-refractivity contribution in [2.75, 3.05) is 50.8 Å². The highest BCUT2D eigenvalue weighted by Gasteiger charge is 2.14. The van der Waals surface area contributed by atoms with Crippen molar-refractivity contribution in [3.05, 3.63) is 60.4 Å². The molecule has 1 heterocycles. The molecule has 0 aliphatic heterocycles. The molecule has 0 spiro atoms. The fourth-order valence-corrected chi connectivity index (χ4v) is 4.26. The summed E-state index contributed by atoms with van der Waals surface area (Å²) in [5.41, 5.74) is 4.38. The quantitative estimate of drug-likeness (QED) is 0.164. The molecule has 1 aromatic heterocycles. The van der Waals surface area contributed by atoms with E-state index in [4.69, 9.17) is 14.9 Å². The Morgan fingerprint density at radius 1 is 1.08 bits per heavy atom. The summed E-state index contributed by atoms with van der Waals surface area (Å²) in [6.45, 7) is 6.37. The fourth-order valence-electron chi connectivity index (χ4n) is 3.86. The number of aromatic nitrogens is 1. The van der Waals surface area contributed by atoms with Crippen LogP contribution in [0.3, 0.4) is 0 Å². The van der Waals surface area contributed by atoms with Gasteiger partial charge in [0, 0.05) is 83.8 Å². The van der Waals surface area contributed by atoms with Gasteiger partial charge in [-0.3, -0.25) is 4.98 Å². The fraction of sp³-hybridized carbons (Fsp3) is 0.357. The molecule has 0 radical (unpaired) electrons. The number of hydrogen-bond acceptors (Lipinski definition) is 8. The summed E-state index contributed by atoms with van der Waals surface area (Å²) in [4.78, 5) is 6.86. The van der Waals surface area contributed by atoms with Crippen LogP contribution in [0.5, 0.6) is 11.5 Å². The second kappa shape index (κ2) is 13.9. The molecule has 0 saturated carbocycles. The van der Waals surface area contributed by atoms with Crippen LogP contribution in [-0.2, 0) is 11.2 Å². The molecule has 0 bridgehead atoms. The van der Waals surface area contributed by atoms with E-state index >= 15 is 0 Å². The van der Waals surface area contributed by atoms with Crippen LogP contribution in [0.2, 0.25) is 0 Å². The molecule has 0 saturated heterocycles. The summed E-state index contributed by atoms with van der Waals surface area (Å²) < 4.78 is 22.4. The number of hydrogen-bond donors (Lipinski definition) is 3. The van der Waals surface area contributed by atoms with Gasteiger partial charge in [0.15, 0.2) is 0 Å². The van der Waals surface area contributed by atoms with Crippen molar-refractivity contribution >= 4 is 45.2 Å². The number of anilines is 2. The summed E-state index contributed by atoms with van der Waals surface area (Å²) in [6, 6.07) is 14.5. The highest BCUT2D eigenvalue weighted by Crippen LogP contribution is 2.34. The zero-order chi connectivity index (χ0) is 26.8. The first kappa shape index (κ1) is 28.3. The van der Waals surface area contributed by atoms with Crippen molar-refractivity contribution < 1.29 is 14.0 Å². The minimum absolute atomic E-state index is 0.377. The monoisotopic (exact) mass is 523 g/mol. The Balaban J connectivity index is 1.99. The van der Waals surface area contributed by atoms with Crippen LogP contribution in [0.4, 0.5) is 11.4 Å². The first-order chi connectivity index (χ1) is 17.8. The van der Waals surface area contributed by atoms with Crippen LogP contribution in [-0.4, -0.2) is 67.7 Å². The molecular formula is C28H37N5O3S. The van der Waals surface area contributed by atoms with Crippen molar-refractivity contribution in [2.24, 2.45) is 0 Å². The van der Waals surface area contributed by atoms with Gasteiger partial charge < -0.3 is 35.0 Å². The van der Waals surface area contributed by atoms with Crippen molar-refractivity contribution in [1.29, 1.82) is 5.41 Å². The van der Waals surface area contributed by atoms with Crippen LogP contribution in [0.15, 0.2) is 54.9 Å². The van der Waals surface area contributed by atoms with Gasteiger partial charge in [-0.1, -0.05) is 25.0 Å². The minimum atomic E-state index is -0.864. The maximum atomic E-state index is 11.3. The Bertz CT molecular complexity index is 1190. The van der Waals surface area contributed by atoms with Gasteiger partial charge in [0.1, 0.15) is 17.3 Å². The van der Waals surface area contributed by atoms with Gasteiger partial charge >= 0.3 is 0 Å². The van der Waals surface area contributed by atoms with Crippen LogP contribution < -0.4 is 25.0 Å². The van der Waals surface area contributed by atoms with Crippen LogP contribution in [0, 0.1) is 5.41 Å². The standard InChI is InChI=1S/C28H37N5O3S/c1-20(2)31-8-10-33(25-14-26(35-3)16-27(15-25)36-4)24-6-7-28-21(13-24)12-22(19-32-28)23(17-29)18-30-9-11-37(5)34/h6-7,12-20,29-31H,8-11H2,1-5H3/b23-18+,29-17?. The Labute approximate surface area is 222 Å². The Morgan fingerprint density at radius 2 is 1.81 bits per heavy atom. The largest absolute Gasteiger partial charge is 0.617 e. The zero-order valence-corrected chi connectivity index (χ0v) is 23.0. The van der Waals surface area contributed by atoms with Gasteiger partial charge in [-0.15, -0.1) is 0 Å². The third-order valence-electron chi connectivity index (χ3n) is 5.79. The molecule has 0 aliphatic rings. The summed E-state index contributed by atoms with van der Waals surface area (Å²) in [5, 5.41) is 15.5.